The number of hydrogen-bond acceptors (Lipinski definition) is 6. The van der Waals surface area contributed by atoms with Crippen LogP contribution in [0.1, 0.15) is 57.5 Å². The van der Waals surface area contributed by atoms with Crippen molar-refractivity contribution in [2.45, 2.75) is 71.7 Å². The Bertz CT molecular complexity index is 957. The van der Waals surface area contributed by atoms with E-state index >= 15 is 0 Å². The lowest BCUT2D eigenvalue weighted by Gasteiger charge is -2.43. The van der Waals surface area contributed by atoms with E-state index in [-0.39, 0.29) is 24.1 Å². The van der Waals surface area contributed by atoms with Gasteiger partial charge in [-0.1, -0.05) is 30.3 Å². The average Bonchev–Trinajstić information content (AvgIpc) is 2.72. The third kappa shape index (κ3) is 4.65. The highest BCUT2D eigenvalue weighted by Crippen LogP contribution is 2.51. The van der Waals surface area contributed by atoms with Crippen molar-refractivity contribution in [3.63, 3.8) is 0 Å². The van der Waals surface area contributed by atoms with Crippen LogP contribution in [0.25, 0.3) is 0 Å². The van der Waals surface area contributed by atoms with E-state index in [0.29, 0.717) is 32.8 Å². The van der Waals surface area contributed by atoms with Gasteiger partial charge in [-0.25, -0.2) is 0 Å². The third-order valence-corrected chi connectivity index (χ3v) is 5.60. The molecule has 2 atom stereocenters. The number of ether oxygens (including phenoxy) is 5. The number of ketones is 1. The molecule has 0 saturated carbocycles. The fourth-order valence-corrected chi connectivity index (χ4v) is 4.18. The summed E-state index contributed by atoms with van der Waals surface area (Å²) in [7, 11) is 1.51. The molecular weight excluding hydrogens is 476 g/mol. The summed E-state index contributed by atoms with van der Waals surface area (Å²) in [5, 5.41) is 0. The molecule has 0 aliphatic carbocycles. The van der Waals surface area contributed by atoms with Gasteiger partial charge in [-0.05, 0) is 57.5 Å². The Hall–Kier alpha value is -2.09. The van der Waals surface area contributed by atoms with Crippen molar-refractivity contribution >= 4 is 21.7 Å². The van der Waals surface area contributed by atoms with Crippen LogP contribution in [0.5, 0.6) is 17.2 Å². The number of carbonyl (C=O) groups excluding carboxylic acids is 1. The van der Waals surface area contributed by atoms with Crippen molar-refractivity contribution in [3.8, 4) is 17.2 Å². The zero-order chi connectivity index (χ0) is 23.6. The van der Waals surface area contributed by atoms with Gasteiger partial charge in [0, 0.05) is 18.7 Å². The first-order valence-electron chi connectivity index (χ1n) is 10.8. The quantitative estimate of drug-likeness (QED) is 0.444. The van der Waals surface area contributed by atoms with E-state index in [1.165, 1.54) is 7.11 Å². The van der Waals surface area contributed by atoms with Gasteiger partial charge < -0.3 is 23.7 Å². The molecule has 0 spiro atoms. The van der Waals surface area contributed by atoms with E-state index in [0.717, 1.165) is 0 Å². The molecule has 7 heteroatoms. The van der Waals surface area contributed by atoms with E-state index in [2.05, 4.69) is 15.9 Å². The van der Waals surface area contributed by atoms with Gasteiger partial charge in [-0.15, -0.1) is 0 Å². The lowest BCUT2D eigenvalue weighted by atomic mass is 9.89. The monoisotopic (exact) mass is 506 g/mol. The molecule has 1 heterocycles. The molecule has 0 saturated heterocycles. The minimum Gasteiger partial charge on any atom is -0.490 e. The number of benzene rings is 2. The van der Waals surface area contributed by atoms with Crippen molar-refractivity contribution in [3.05, 3.63) is 52.0 Å². The van der Waals surface area contributed by atoms with Gasteiger partial charge in [0.15, 0.2) is 11.9 Å². The van der Waals surface area contributed by atoms with Crippen LogP contribution in [-0.2, 0) is 15.3 Å². The molecule has 2 unspecified atom stereocenters. The van der Waals surface area contributed by atoms with Gasteiger partial charge in [-0.3, -0.25) is 4.79 Å². The summed E-state index contributed by atoms with van der Waals surface area (Å²) in [4.78, 5) is 14.0. The molecule has 1 aliphatic heterocycles. The molecule has 0 fully saturated rings. The molecule has 3 rings (SSSR count). The summed E-state index contributed by atoms with van der Waals surface area (Å²) in [6.45, 7) is 11.4. The molecule has 2 aromatic rings. The molecule has 0 aromatic heterocycles. The summed E-state index contributed by atoms with van der Waals surface area (Å²) >= 11 is 3.58. The fourth-order valence-electron chi connectivity index (χ4n) is 3.68. The Labute approximate surface area is 198 Å². The molecule has 0 bridgehead atoms. The first kappa shape index (κ1) is 24.6. The first-order chi connectivity index (χ1) is 15.1. The Kier molecular flexibility index (Phi) is 7.53. The third-order valence-electron chi connectivity index (χ3n) is 4.85. The minimum atomic E-state index is -1.46. The Morgan fingerprint density at radius 3 is 2.12 bits per heavy atom. The normalized spacial score (nSPS) is 20.5. The molecular formula is C25H31BrO6. The number of fused-ring (bicyclic) bond motifs is 1. The van der Waals surface area contributed by atoms with Crippen molar-refractivity contribution in [1.82, 2.24) is 0 Å². The van der Waals surface area contributed by atoms with E-state index in [1.54, 1.807) is 6.07 Å². The van der Waals surface area contributed by atoms with E-state index < -0.39 is 11.9 Å². The second kappa shape index (κ2) is 9.81. The van der Waals surface area contributed by atoms with Crippen molar-refractivity contribution in [2.24, 2.45) is 0 Å². The maximum Gasteiger partial charge on any atom is 0.271 e. The predicted octanol–water partition coefficient (Wildman–Crippen LogP) is 5.89. The Balaban J connectivity index is 2.29. The topological polar surface area (TPSA) is 63.2 Å². The van der Waals surface area contributed by atoms with Crippen molar-refractivity contribution in [1.29, 1.82) is 0 Å². The number of methoxy groups -OCH3 is 1. The molecule has 2 aromatic carbocycles. The molecule has 0 N–H and O–H groups in total. The fraction of sp³-hybridized carbons (Fsp3) is 0.480. The van der Waals surface area contributed by atoms with Crippen LogP contribution < -0.4 is 14.2 Å². The zero-order valence-corrected chi connectivity index (χ0v) is 21.2. The van der Waals surface area contributed by atoms with Gasteiger partial charge in [0.25, 0.3) is 5.79 Å². The maximum absolute atomic E-state index is 14.0. The van der Waals surface area contributed by atoms with Crippen LogP contribution >= 0.6 is 15.9 Å². The highest BCUT2D eigenvalue weighted by molar-refractivity contribution is 9.10. The molecule has 1 aliphatic rings. The maximum atomic E-state index is 14.0. The predicted molar refractivity (Wildman–Crippen MR) is 126 cm³/mol. The van der Waals surface area contributed by atoms with Crippen LogP contribution in [0.15, 0.2) is 40.9 Å². The van der Waals surface area contributed by atoms with Gasteiger partial charge in [0.2, 0.25) is 5.78 Å². The number of hydrogen-bond donors (Lipinski definition) is 0. The smallest absolute Gasteiger partial charge is 0.271 e. The lowest BCUT2D eigenvalue weighted by Crippen LogP contribution is -2.55. The van der Waals surface area contributed by atoms with Crippen molar-refractivity contribution in [2.75, 3.05) is 7.11 Å². The number of halogens is 1. The molecule has 32 heavy (non-hydrogen) atoms. The number of rotatable bonds is 8. The molecule has 0 radical (unpaired) electrons. The van der Waals surface area contributed by atoms with E-state index in [9.17, 15) is 4.79 Å². The second-order valence-electron chi connectivity index (χ2n) is 8.49. The standard InChI is InChI=1S/C25H31BrO6/c1-14(2)29-19-13-18-20(23(21(19)26)30-15(3)4)22(27)24(31-16(5)6)25(28-7,32-18)17-11-9-8-10-12-17/h8-16,24H,1-7H3. The van der Waals surface area contributed by atoms with E-state index in [4.69, 9.17) is 23.7 Å². The van der Waals surface area contributed by atoms with E-state index in [1.807, 2.05) is 71.9 Å². The summed E-state index contributed by atoms with van der Waals surface area (Å²) in [6.07, 6.45) is -1.55. The largest absolute Gasteiger partial charge is 0.490 e. The average molecular weight is 507 g/mol. The number of carbonyl (C=O) groups is 1. The first-order valence-corrected chi connectivity index (χ1v) is 11.6. The van der Waals surface area contributed by atoms with Crippen LogP contribution in [0, 0.1) is 0 Å². The molecule has 174 valence electrons. The summed E-state index contributed by atoms with van der Waals surface area (Å²) in [5.74, 6) is -0.540. The number of Topliss-reactive ketones (excluding diaryl/α,β-unsaturated/α-hetero) is 1. The van der Waals surface area contributed by atoms with Gasteiger partial charge in [0.1, 0.15) is 21.5 Å². The van der Waals surface area contributed by atoms with Crippen molar-refractivity contribution < 1.29 is 28.5 Å². The van der Waals surface area contributed by atoms with Gasteiger partial charge in [-0.2, -0.15) is 0 Å². The SMILES string of the molecule is COC1(c2ccccc2)Oc2cc(OC(C)C)c(Br)c(OC(C)C)c2C(=O)C1OC(C)C. The Morgan fingerprint density at radius 2 is 1.59 bits per heavy atom. The highest BCUT2D eigenvalue weighted by Gasteiger charge is 2.55. The minimum absolute atomic E-state index is 0.0890. The summed E-state index contributed by atoms with van der Waals surface area (Å²) in [5.41, 5.74) is 0.976. The summed E-state index contributed by atoms with van der Waals surface area (Å²) in [6, 6.07) is 11.0. The van der Waals surface area contributed by atoms with Crippen LogP contribution in [0.4, 0.5) is 0 Å². The van der Waals surface area contributed by atoms with Gasteiger partial charge in [0.05, 0.1) is 18.3 Å². The Morgan fingerprint density at radius 1 is 0.969 bits per heavy atom. The lowest BCUT2D eigenvalue weighted by molar-refractivity contribution is -0.242. The highest BCUT2D eigenvalue weighted by atomic mass is 79.9. The van der Waals surface area contributed by atoms with Crippen LogP contribution in [0.2, 0.25) is 0 Å². The zero-order valence-electron chi connectivity index (χ0n) is 19.6. The molecule has 6 nitrogen and oxygen atoms in total. The van der Waals surface area contributed by atoms with Crippen LogP contribution in [0.3, 0.4) is 0 Å². The van der Waals surface area contributed by atoms with Gasteiger partial charge >= 0.3 is 0 Å². The summed E-state index contributed by atoms with van der Waals surface area (Å²) < 4.78 is 31.1. The van der Waals surface area contributed by atoms with Crippen LogP contribution in [-0.4, -0.2) is 37.3 Å². The molecule has 0 amide bonds. The second-order valence-corrected chi connectivity index (χ2v) is 9.29.